The van der Waals surface area contributed by atoms with Crippen LogP contribution in [0.4, 0.5) is 0 Å². The zero-order valence-corrected chi connectivity index (χ0v) is 10.0. The van der Waals surface area contributed by atoms with Gasteiger partial charge in [0.05, 0.1) is 6.10 Å². The Morgan fingerprint density at radius 3 is 2.73 bits per heavy atom. The molecule has 0 aromatic carbocycles. The molecule has 0 aromatic heterocycles. The second-order valence-electron chi connectivity index (χ2n) is 5.07. The number of hydrogen-bond donors (Lipinski definition) is 2. The Bertz CT molecular complexity index is 198. The molecule has 0 aromatic rings. The summed E-state index contributed by atoms with van der Waals surface area (Å²) in [6.07, 6.45) is 6.99. The summed E-state index contributed by atoms with van der Waals surface area (Å²) in [6, 6.07) is 0.610. The van der Waals surface area contributed by atoms with Gasteiger partial charge in [-0.25, -0.2) is 0 Å². The van der Waals surface area contributed by atoms with E-state index in [2.05, 4.69) is 17.6 Å². The maximum atomic E-state index is 5.35. The van der Waals surface area contributed by atoms with Gasteiger partial charge in [0.15, 0.2) is 0 Å². The normalized spacial score (nSPS) is 34.0. The van der Waals surface area contributed by atoms with Gasteiger partial charge in [-0.1, -0.05) is 6.92 Å². The molecular weight excluding hydrogens is 188 g/mol. The summed E-state index contributed by atoms with van der Waals surface area (Å²) in [7, 11) is 1.81. The van der Waals surface area contributed by atoms with Crippen LogP contribution in [0.2, 0.25) is 0 Å². The van der Waals surface area contributed by atoms with E-state index in [4.69, 9.17) is 4.74 Å². The van der Waals surface area contributed by atoms with Gasteiger partial charge >= 0.3 is 0 Å². The molecular formula is C12H24N2O. The molecule has 15 heavy (non-hydrogen) atoms. The van der Waals surface area contributed by atoms with Crippen LogP contribution < -0.4 is 10.6 Å². The molecule has 2 rings (SSSR count). The van der Waals surface area contributed by atoms with Crippen LogP contribution in [0.15, 0.2) is 0 Å². The summed E-state index contributed by atoms with van der Waals surface area (Å²) < 4.78 is 5.35. The molecule has 0 amide bonds. The van der Waals surface area contributed by atoms with Crippen LogP contribution in [0, 0.1) is 0 Å². The highest BCUT2D eigenvalue weighted by Gasteiger charge is 2.35. The topological polar surface area (TPSA) is 33.3 Å². The molecule has 2 N–H and O–H groups in total. The molecule has 0 radical (unpaired) electrons. The van der Waals surface area contributed by atoms with Gasteiger partial charge in [0.2, 0.25) is 0 Å². The largest absolute Gasteiger partial charge is 0.380 e. The average molecular weight is 212 g/mol. The first-order valence-corrected chi connectivity index (χ1v) is 6.29. The van der Waals surface area contributed by atoms with E-state index in [0.717, 1.165) is 19.5 Å². The second-order valence-corrected chi connectivity index (χ2v) is 5.07. The van der Waals surface area contributed by atoms with Gasteiger partial charge in [0.25, 0.3) is 0 Å². The monoisotopic (exact) mass is 212 g/mol. The first-order chi connectivity index (χ1) is 7.28. The Kier molecular flexibility index (Phi) is 3.65. The molecule has 2 aliphatic rings. The summed E-state index contributed by atoms with van der Waals surface area (Å²) in [5.41, 5.74) is 0.479. The van der Waals surface area contributed by atoms with Gasteiger partial charge in [-0.2, -0.15) is 0 Å². The summed E-state index contributed by atoms with van der Waals surface area (Å²) in [4.78, 5) is 0. The van der Waals surface area contributed by atoms with Crippen molar-refractivity contribution >= 4 is 0 Å². The molecule has 1 heterocycles. The molecule has 1 saturated heterocycles. The SMILES string of the molecule is CCC1(NCC2CC(OC)CN2)CCC1. The lowest BCUT2D eigenvalue weighted by Gasteiger charge is -2.43. The quantitative estimate of drug-likeness (QED) is 0.720. The molecule has 2 fully saturated rings. The maximum Gasteiger partial charge on any atom is 0.0711 e. The number of methoxy groups -OCH3 is 1. The molecule has 88 valence electrons. The lowest BCUT2D eigenvalue weighted by atomic mass is 9.75. The Balaban J connectivity index is 1.69. The molecule has 1 aliphatic heterocycles. The van der Waals surface area contributed by atoms with E-state index in [-0.39, 0.29) is 0 Å². The molecule has 3 nitrogen and oxygen atoms in total. The Hall–Kier alpha value is -0.120. The highest BCUT2D eigenvalue weighted by molar-refractivity contribution is 4.96. The van der Waals surface area contributed by atoms with E-state index in [1.54, 1.807) is 0 Å². The van der Waals surface area contributed by atoms with Gasteiger partial charge in [0, 0.05) is 31.8 Å². The zero-order valence-electron chi connectivity index (χ0n) is 10.0. The van der Waals surface area contributed by atoms with Crippen LogP contribution in [0.1, 0.15) is 39.0 Å². The summed E-state index contributed by atoms with van der Waals surface area (Å²) in [5, 5.41) is 7.27. The van der Waals surface area contributed by atoms with E-state index >= 15 is 0 Å². The van der Waals surface area contributed by atoms with Crippen molar-refractivity contribution in [2.75, 3.05) is 20.2 Å². The molecule has 0 bridgehead atoms. The summed E-state index contributed by atoms with van der Waals surface area (Å²) in [6.45, 7) is 4.42. The van der Waals surface area contributed by atoms with Crippen molar-refractivity contribution in [2.45, 2.75) is 56.7 Å². The van der Waals surface area contributed by atoms with Crippen molar-refractivity contribution in [3.05, 3.63) is 0 Å². The predicted octanol–water partition coefficient (Wildman–Crippen LogP) is 1.29. The fourth-order valence-electron chi connectivity index (χ4n) is 2.72. The second kappa shape index (κ2) is 4.81. The fourth-order valence-corrected chi connectivity index (χ4v) is 2.72. The van der Waals surface area contributed by atoms with Gasteiger partial charge < -0.3 is 15.4 Å². The van der Waals surface area contributed by atoms with Crippen molar-refractivity contribution < 1.29 is 4.74 Å². The number of hydrogen-bond acceptors (Lipinski definition) is 3. The number of nitrogens with one attached hydrogen (secondary N) is 2. The van der Waals surface area contributed by atoms with Gasteiger partial charge in [-0.05, 0) is 32.1 Å². The van der Waals surface area contributed by atoms with Gasteiger partial charge in [-0.15, -0.1) is 0 Å². The number of ether oxygens (including phenoxy) is 1. The highest BCUT2D eigenvalue weighted by Crippen LogP contribution is 2.34. The van der Waals surface area contributed by atoms with Crippen molar-refractivity contribution in [1.29, 1.82) is 0 Å². The third-order valence-corrected chi connectivity index (χ3v) is 4.23. The van der Waals surface area contributed by atoms with Crippen molar-refractivity contribution in [1.82, 2.24) is 10.6 Å². The molecule has 2 atom stereocenters. The molecule has 2 unspecified atom stereocenters. The van der Waals surface area contributed by atoms with E-state index in [9.17, 15) is 0 Å². The van der Waals surface area contributed by atoms with Crippen LogP contribution >= 0.6 is 0 Å². The minimum atomic E-state index is 0.427. The molecule has 1 saturated carbocycles. The lowest BCUT2D eigenvalue weighted by Crippen LogP contribution is -2.53. The zero-order chi connectivity index (χ0) is 10.7. The van der Waals surface area contributed by atoms with Crippen LogP contribution in [0.3, 0.4) is 0 Å². The third-order valence-electron chi connectivity index (χ3n) is 4.23. The first kappa shape index (κ1) is 11.4. The Morgan fingerprint density at radius 2 is 2.27 bits per heavy atom. The predicted molar refractivity (Wildman–Crippen MR) is 62.1 cm³/mol. The molecule has 0 spiro atoms. The minimum Gasteiger partial charge on any atom is -0.380 e. The average Bonchev–Trinajstić information content (AvgIpc) is 2.65. The molecule has 3 heteroatoms. The van der Waals surface area contributed by atoms with Gasteiger partial charge in [0.1, 0.15) is 0 Å². The standard InChI is InChI=1S/C12H24N2O/c1-3-12(5-4-6-12)14-8-10-7-11(15-2)9-13-10/h10-11,13-14H,3-9H2,1-2H3. The van der Waals surface area contributed by atoms with Crippen LogP contribution in [0.25, 0.3) is 0 Å². The smallest absolute Gasteiger partial charge is 0.0711 e. The highest BCUT2D eigenvalue weighted by atomic mass is 16.5. The first-order valence-electron chi connectivity index (χ1n) is 6.29. The van der Waals surface area contributed by atoms with Crippen molar-refractivity contribution in [2.24, 2.45) is 0 Å². The third kappa shape index (κ3) is 2.52. The summed E-state index contributed by atoms with van der Waals surface area (Å²) in [5.74, 6) is 0. The van der Waals surface area contributed by atoms with Crippen molar-refractivity contribution in [3.63, 3.8) is 0 Å². The van der Waals surface area contributed by atoms with E-state index < -0.39 is 0 Å². The van der Waals surface area contributed by atoms with Crippen LogP contribution in [-0.4, -0.2) is 37.9 Å². The maximum absolute atomic E-state index is 5.35. The van der Waals surface area contributed by atoms with Crippen molar-refractivity contribution in [3.8, 4) is 0 Å². The fraction of sp³-hybridized carbons (Fsp3) is 1.00. The van der Waals surface area contributed by atoms with E-state index in [1.165, 1.54) is 25.7 Å². The van der Waals surface area contributed by atoms with Crippen LogP contribution in [0.5, 0.6) is 0 Å². The van der Waals surface area contributed by atoms with E-state index in [0.29, 0.717) is 17.7 Å². The molecule has 1 aliphatic carbocycles. The Morgan fingerprint density at radius 1 is 1.47 bits per heavy atom. The number of rotatable bonds is 5. The summed E-state index contributed by atoms with van der Waals surface area (Å²) >= 11 is 0. The van der Waals surface area contributed by atoms with Gasteiger partial charge in [-0.3, -0.25) is 0 Å². The lowest BCUT2D eigenvalue weighted by molar-refractivity contribution is 0.116. The van der Waals surface area contributed by atoms with Crippen LogP contribution in [-0.2, 0) is 4.74 Å². The minimum absolute atomic E-state index is 0.427. The Labute approximate surface area is 93.0 Å². The van der Waals surface area contributed by atoms with E-state index in [1.807, 2.05) is 7.11 Å².